The molecule has 4 rings (SSSR count). The topological polar surface area (TPSA) is 78.7 Å². The third-order valence-corrected chi connectivity index (χ3v) is 5.10. The van der Waals surface area contributed by atoms with E-state index in [2.05, 4.69) is 43.2 Å². The van der Waals surface area contributed by atoms with Crippen LogP contribution in [-0.4, -0.2) is 63.1 Å². The number of hydrogen-bond donors (Lipinski definition) is 1. The number of aromatic nitrogens is 4. The van der Waals surface area contributed by atoms with E-state index in [0.29, 0.717) is 12.3 Å². The van der Waals surface area contributed by atoms with E-state index in [1.54, 1.807) is 4.52 Å². The van der Waals surface area contributed by atoms with Gasteiger partial charge in [0, 0.05) is 43.6 Å². The number of rotatable bonds is 5. The Morgan fingerprint density at radius 2 is 1.96 bits per heavy atom. The van der Waals surface area contributed by atoms with Crippen molar-refractivity contribution >= 4 is 23.2 Å². The summed E-state index contributed by atoms with van der Waals surface area (Å²) < 4.78 is 1.77. The molecule has 1 fully saturated rings. The van der Waals surface area contributed by atoms with Gasteiger partial charge in [-0.25, -0.2) is 4.98 Å². The lowest BCUT2D eigenvalue weighted by atomic mass is 10.1. The number of carbonyl (C=O) groups excluding carboxylic acids is 1. The Balaban J connectivity index is 1.36. The molecule has 0 spiro atoms. The summed E-state index contributed by atoms with van der Waals surface area (Å²) >= 11 is 0. The molecule has 0 radical (unpaired) electrons. The number of nitrogens with zero attached hydrogens (tertiary/aromatic N) is 6. The first-order valence-electron chi connectivity index (χ1n) is 9.66. The molecule has 1 saturated heterocycles. The Hall–Kier alpha value is -3.00. The largest absolute Gasteiger partial charge is 0.354 e. The second-order valence-corrected chi connectivity index (χ2v) is 7.05. The molecule has 1 aliphatic heterocycles. The van der Waals surface area contributed by atoms with Crippen molar-refractivity contribution in [2.75, 3.05) is 42.9 Å². The zero-order valence-electron chi connectivity index (χ0n) is 16.3. The van der Waals surface area contributed by atoms with Gasteiger partial charge >= 0.3 is 0 Å². The second kappa shape index (κ2) is 7.93. The van der Waals surface area contributed by atoms with Gasteiger partial charge in [-0.15, -0.1) is 0 Å². The van der Waals surface area contributed by atoms with Crippen molar-refractivity contribution in [2.24, 2.45) is 0 Å². The molecule has 1 aromatic carbocycles. The van der Waals surface area contributed by atoms with E-state index in [1.807, 2.05) is 31.2 Å². The Morgan fingerprint density at radius 3 is 2.75 bits per heavy atom. The highest BCUT2D eigenvalue weighted by molar-refractivity contribution is 5.93. The molecule has 3 heterocycles. The van der Waals surface area contributed by atoms with Gasteiger partial charge in [0.25, 0.3) is 5.78 Å². The summed E-state index contributed by atoms with van der Waals surface area (Å²) in [7, 11) is 0. The van der Waals surface area contributed by atoms with Gasteiger partial charge in [-0.3, -0.25) is 9.69 Å². The molecule has 0 atom stereocenters. The lowest BCUT2D eigenvalue weighted by Gasteiger charge is -2.35. The van der Waals surface area contributed by atoms with Crippen LogP contribution in [0.25, 0.3) is 5.78 Å². The molecule has 1 aliphatic rings. The minimum atomic E-state index is 0.0350. The van der Waals surface area contributed by atoms with Crippen LogP contribution in [0.4, 0.5) is 11.5 Å². The average molecular weight is 379 g/mol. The number of amides is 1. The maximum absolute atomic E-state index is 12.5. The molecule has 0 bridgehead atoms. The second-order valence-electron chi connectivity index (χ2n) is 7.05. The van der Waals surface area contributed by atoms with Crippen LogP contribution in [0.5, 0.6) is 0 Å². The monoisotopic (exact) mass is 379 g/mol. The number of anilines is 2. The van der Waals surface area contributed by atoms with Gasteiger partial charge in [0.2, 0.25) is 5.91 Å². The van der Waals surface area contributed by atoms with Crippen molar-refractivity contribution in [3.63, 3.8) is 0 Å². The van der Waals surface area contributed by atoms with Gasteiger partial charge in [0.1, 0.15) is 12.1 Å². The zero-order chi connectivity index (χ0) is 19.5. The van der Waals surface area contributed by atoms with Crippen molar-refractivity contribution in [1.82, 2.24) is 24.5 Å². The van der Waals surface area contributed by atoms with Crippen LogP contribution < -0.4 is 10.2 Å². The summed E-state index contributed by atoms with van der Waals surface area (Å²) in [4.78, 5) is 25.5. The molecule has 8 heteroatoms. The van der Waals surface area contributed by atoms with E-state index in [-0.39, 0.29) is 5.91 Å². The number of piperazine rings is 1. The summed E-state index contributed by atoms with van der Waals surface area (Å²) in [6.07, 6.45) is 2.43. The van der Waals surface area contributed by atoms with Gasteiger partial charge in [-0.1, -0.05) is 25.1 Å². The molecule has 0 aliphatic carbocycles. The van der Waals surface area contributed by atoms with Crippen LogP contribution in [0.3, 0.4) is 0 Å². The number of carbonyl (C=O) groups is 1. The number of aryl methyl sites for hydroxylation is 2. The summed E-state index contributed by atoms with van der Waals surface area (Å²) in [6, 6.07) is 10.0. The summed E-state index contributed by atoms with van der Waals surface area (Å²) in [5.41, 5.74) is 2.99. The van der Waals surface area contributed by atoms with E-state index in [1.165, 1.54) is 6.33 Å². The lowest BCUT2D eigenvalue weighted by molar-refractivity contribution is -0.117. The Labute approximate surface area is 164 Å². The van der Waals surface area contributed by atoms with Crippen molar-refractivity contribution in [3.05, 3.63) is 47.9 Å². The molecule has 2 aromatic heterocycles. The molecule has 146 valence electrons. The van der Waals surface area contributed by atoms with Gasteiger partial charge in [-0.05, 0) is 25.0 Å². The average Bonchev–Trinajstić information content (AvgIpc) is 3.16. The van der Waals surface area contributed by atoms with Gasteiger partial charge in [-0.2, -0.15) is 14.6 Å². The highest BCUT2D eigenvalue weighted by Gasteiger charge is 2.22. The van der Waals surface area contributed by atoms with Crippen LogP contribution in [0.15, 0.2) is 36.7 Å². The summed E-state index contributed by atoms with van der Waals surface area (Å²) in [6.45, 7) is 7.76. The van der Waals surface area contributed by atoms with Crippen molar-refractivity contribution in [3.8, 4) is 0 Å². The van der Waals surface area contributed by atoms with E-state index in [4.69, 9.17) is 0 Å². The summed E-state index contributed by atoms with van der Waals surface area (Å²) in [5, 5.41) is 7.34. The quantitative estimate of drug-likeness (QED) is 0.728. The molecule has 1 amide bonds. The van der Waals surface area contributed by atoms with E-state index >= 15 is 0 Å². The number of fused-ring (bicyclic) bond motifs is 1. The van der Waals surface area contributed by atoms with Crippen LogP contribution in [-0.2, 0) is 11.2 Å². The van der Waals surface area contributed by atoms with Crippen LogP contribution in [0.2, 0.25) is 0 Å². The van der Waals surface area contributed by atoms with Crippen molar-refractivity contribution < 1.29 is 4.79 Å². The lowest BCUT2D eigenvalue weighted by Crippen LogP contribution is -2.49. The molecule has 1 N–H and O–H groups in total. The number of hydrogen-bond acceptors (Lipinski definition) is 6. The predicted molar refractivity (Wildman–Crippen MR) is 109 cm³/mol. The SMILES string of the molecule is CCc1ccccc1NC(=O)CN1CCN(c2cc(C)nc3ncnn23)CC1. The first-order valence-corrected chi connectivity index (χ1v) is 9.66. The molecule has 8 nitrogen and oxygen atoms in total. The minimum Gasteiger partial charge on any atom is -0.354 e. The van der Waals surface area contributed by atoms with E-state index < -0.39 is 0 Å². The first kappa shape index (κ1) is 18.4. The number of benzene rings is 1. The third-order valence-electron chi connectivity index (χ3n) is 5.10. The number of nitrogens with one attached hydrogen (secondary N) is 1. The van der Waals surface area contributed by atoms with Gasteiger partial charge in [0.05, 0.1) is 6.54 Å². The smallest absolute Gasteiger partial charge is 0.254 e. The minimum absolute atomic E-state index is 0.0350. The molecule has 0 unspecified atom stereocenters. The maximum Gasteiger partial charge on any atom is 0.254 e. The molecular weight excluding hydrogens is 354 g/mol. The Morgan fingerprint density at radius 1 is 1.18 bits per heavy atom. The van der Waals surface area contributed by atoms with Gasteiger partial charge in [0.15, 0.2) is 0 Å². The fourth-order valence-corrected chi connectivity index (χ4v) is 3.61. The van der Waals surface area contributed by atoms with Gasteiger partial charge < -0.3 is 10.2 Å². The molecular formula is C20H25N7O. The highest BCUT2D eigenvalue weighted by atomic mass is 16.2. The van der Waals surface area contributed by atoms with E-state index in [9.17, 15) is 4.79 Å². The Kier molecular flexibility index (Phi) is 5.21. The first-order chi connectivity index (χ1) is 13.6. The maximum atomic E-state index is 12.5. The fraction of sp³-hybridized carbons (Fsp3) is 0.400. The predicted octanol–water partition coefficient (Wildman–Crippen LogP) is 1.76. The molecule has 0 saturated carbocycles. The zero-order valence-corrected chi connectivity index (χ0v) is 16.3. The standard InChI is InChI=1S/C20H25N7O/c1-3-16-6-4-5-7-17(16)24-18(28)13-25-8-10-26(11-9-25)19-12-15(2)23-20-21-14-22-27(19)20/h4-7,12,14H,3,8-11,13H2,1-2H3,(H,24,28). The fourth-order valence-electron chi connectivity index (χ4n) is 3.61. The normalized spacial score (nSPS) is 15.1. The number of para-hydroxylation sites is 1. The third kappa shape index (κ3) is 3.82. The molecule has 28 heavy (non-hydrogen) atoms. The highest BCUT2D eigenvalue weighted by Crippen LogP contribution is 2.18. The summed E-state index contributed by atoms with van der Waals surface area (Å²) in [5.74, 6) is 1.65. The van der Waals surface area contributed by atoms with Crippen LogP contribution in [0, 0.1) is 6.92 Å². The van der Waals surface area contributed by atoms with Crippen molar-refractivity contribution in [2.45, 2.75) is 20.3 Å². The van der Waals surface area contributed by atoms with Crippen LogP contribution in [0.1, 0.15) is 18.2 Å². The van der Waals surface area contributed by atoms with Crippen molar-refractivity contribution in [1.29, 1.82) is 0 Å². The molecule has 3 aromatic rings. The Bertz CT molecular complexity index is 976. The van der Waals surface area contributed by atoms with Crippen LogP contribution >= 0.6 is 0 Å². The van der Waals surface area contributed by atoms with E-state index in [0.717, 1.165) is 55.4 Å².